The zero-order chi connectivity index (χ0) is 21.1. The SMILES string of the molecule is O=C1OC(c2ccccc2Cl)=N/C1=C\c1ccc(OCc2c(Cl)cccc2Cl)cc1. The van der Waals surface area contributed by atoms with E-state index in [4.69, 9.17) is 44.3 Å². The normalized spacial score (nSPS) is 14.6. The molecule has 0 bridgehead atoms. The lowest BCUT2D eigenvalue weighted by atomic mass is 10.2. The first-order chi connectivity index (χ1) is 14.5. The number of ether oxygens (including phenoxy) is 2. The summed E-state index contributed by atoms with van der Waals surface area (Å²) in [6, 6.07) is 19.6. The molecule has 0 spiro atoms. The molecule has 3 aromatic carbocycles. The third kappa shape index (κ3) is 4.51. The Morgan fingerprint density at radius 2 is 1.53 bits per heavy atom. The molecule has 1 heterocycles. The molecule has 0 radical (unpaired) electrons. The first-order valence-electron chi connectivity index (χ1n) is 8.94. The lowest BCUT2D eigenvalue weighted by molar-refractivity contribution is -0.129. The predicted molar refractivity (Wildman–Crippen MR) is 119 cm³/mol. The summed E-state index contributed by atoms with van der Waals surface area (Å²) in [5.41, 5.74) is 2.26. The van der Waals surface area contributed by atoms with Crippen LogP contribution in [0.25, 0.3) is 6.08 Å². The zero-order valence-corrected chi connectivity index (χ0v) is 17.7. The van der Waals surface area contributed by atoms with E-state index in [0.29, 0.717) is 26.4 Å². The molecule has 3 aromatic rings. The van der Waals surface area contributed by atoms with Gasteiger partial charge in [-0.3, -0.25) is 0 Å². The van der Waals surface area contributed by atoms with Crippen LogP contribution in [-0.2, 0) is 16.1 Å². The van der Waals surface area contributed by atoms with E-state index in [1.54, 1.807) is 60.7 Å². The molecule has 1 aliphatic rings. The highest BCUT2D eigenvalue weighted by Gasteiger charge is 2.25. The van der Waals surface area contributed by atoms with Crippen LogP contribution in [0.2, 0.25) is 15.1 Å². The number of benzene rings is 3. The van der Waals surface area contributed by atoms with Crippen LogP contribution < -0.4 is 4.74 Å². The fourth-order valence-electron chi connectivity index (χ4n) is 2.80. The van der Waals surface area contributed by atoms with E-state index >= 15 is 0 Å². The molecule has 150 valence electrons. The van der Waals surface area contributed by atoms with Crippen molar-refractivity contribution in [3.63, 3.8) is 0 Å². The molecule has 0 amide bonds. The number of carbonyl (C=O) groups is 1. The van der Waals surface area contributed by atoms with E-state index < -0.39 is 5.97 Å². The Morgan fingerprint density at radius 3 is 2.23 bits per heavy atom. The van der Waals surface area contributed by atoms with E-state index in [0.717, 1.165) is 11.1 Å². The number of rotatable bonds is 5. The van der Waals surface area contributed by atoms with Crippen molar-refractivity contribution >= 4 is 52.7 Å². The average Bonchev–Trinajstić information content (AvgIpc) is 3.09. The number of hydrogen-bond donors (Lipinski definition) is 0. The molecular formula is C23H14Cl3NO3. The van der Waals surface area contributed by atoms with Crippen LogP contribution in [0.1, 0.15) is 16.7 Å². The molecule has 0 N–H and O–H groups in total. The van der Waals surface area contributed by atoms with Crippen molar-refractivity contribution < 1.29 is 14.3 Å². The van der Waals surface area contributed by atoms with Crippen LogP contribution in [0, 0.1) is 0 Å². The largest absolute Gasteiger partial charge is 0.489 e. The highest BCUT2D eigenvalue weighted by atomic mass is 35.5. The fraction of sp³-hybridized carbons (Fsp3) is 0.0435. The van der Waals surface area contributed by atoms with Gasteiger partial charge in [0.05, 0.1) is 10.6 Å². The Morgan fingerprint density at radius 1 is 0.867 bits per heavy atom. The summed E-state index contributed by atoms with van der Waals surface area (Å²) >= 11 is 18.5. The molecule has 30 heavy (non-hydrogen) atoms. The minimum atomic E-state index is -0.529. The van der Waals surface area contributed by atoms with Gasteiger partial charge in [0.25, 0.3) is 0 Å². The van der Waals surface area contributed by atoms with E-state index in [1.165, 1.54) is 0 Å². The van der Waals surface area contributed by atoms with Gasteiger partial charge in [-0.2, -0.15) is 0 Å². The molecule has 0 saturated carbocycles. The summed E-state index contributed by atoms with van der Waals surface area (Å²) in [4.78, 5) is 16.4. The van der Waals surface area contributed by atoms with Gasteiger partial charge in [-0.05, 0) is 48.0 Å². The maximum atomic E-state index is 12.2. The maximum Gasteiger partial charge on any atom is 0.363 e. The van der Waals surface area contributed by atoms with Gasteiger partial charge in [-0.15, -0.1) is 0 Å². The second kappa shape index (κ2) is 8.92. The smallest absolute Gasteiger partial charge is 0.363 e. The molecule has 0 aliphatic carbocycles. The minimum absolute atomic E-state index is 0.188. The Hall–Kier alpha value is -2.79. The second-order valence-corrected chi connectivity index (χ2v) is 7.60. The van der Waals surface area contributed by atoms with Gasteiger partial charge < -0.3 is 9.47 Å². The number of hydrogen-bond acceptors (Lipinski definition) is 4. The minimum Gasteiger partial charge on any atom is -0.489 e. The van der Waals surface area contributed by atoms with Gasteiger partial charge in [-0.1, -0.05) is 65.1 Å². The highest BCUT2D eigenvalue weighted by Crippen LogP contribution is 2.27. The monoisotopic (exact) mass is 457 g/mol. The maximum absolute atomic E-state index is 12.2. The van der Waals surface area contributed by atoms with Crippen molar-refractivity contribution in [3.05, 3.63) is 104 Å². The fourth-order valence-corrected chi connectivity index (χ4v) is 3.53. The summed E-state index contributed by atoms with van der Waals surface area (Å²) in [6.45, 7) is 0.247. The quantitative estimate of drug-likeness (QED) is 0.321. The lowest BCUT2D eigenvalue weighted by Gasteiger charge is -2.09. The summed E-state index contributed by atoms with van der Waals surface area (Å²) < 4.78 is 11.0. The topological polar surface area (TPSA) is 47.9 Å². The molecule has 4 nitrogen and oxygen atoms in total. The number of esters is 1. The van der Waals surface area contributed by atoms with Crippen LogP contribution in [0.5, 0.6) is 5.75 Å². The number of aliphatic imine (C=N–C) groups is 1. The van der Waals surface area contributed by atoms with E-state index in [2.05, 4.69) is 4.99 Å². The summed E-state index contributed by atoms with van der Waals surface area (Å²) in [5.74, 6) is 0.300. The van der Waals surface area contributed by atoms with Crippen molar-refractivity contribution in [2.24, 2.45) is 4.99 Å². The standard InChI is InChI=1S/C23H14Cl3NO3/c24-18-5-2-1-4-16(18)22-27-21(23(28)30-22)12-14-8-10-15(11-9-14)29-13-17-19(25)6-3-7-20(17)26/h1-12H,13H2/b21-12-. The Bertz CT molecular complexity index is 1150. The van der Waals surface area contributed by atoms with Gasteiger partial charge in [0.15, 0.2) is 5.70 Å². The number of halogens is 3. The molecule has 0 unspecified atom stereocenters. The van der Waals surface area contributed by atoms with Crippen LogP contribution in [0.15, 0.2) is 77.4 Å². The second-order valence-electron chi connectivity index (χ2n) is 6.37. The third-order valence-corrected chi connectivity index (χ3v) is 5.39. The highest BCUT2D eigenvalue weighted by molar-refractivity contribution is 6.36. The van der Waals surface area contributed by atoms with Crippen molar-refractivity contribution in [3.8, 4) is 5.75 Å². The number of nitrogens with zero attached hydrogens (tertiary/aromatic N) is 1. The lowest BCUT2D eigenvalue weighted by Crippen LogP contribution is -2.05. The van der Waals surface area contributed by atoms with Gasteiger partial charge in [0, 0.05) is 15.6 Å². The first-order valence-corrected chi connectivity index (χ1v) is 10.1. The predicted octanol–water partition coefficient (Wildman–Crippen LogP) is 6.57. The Balaban J connectivity index is 1.48. The molecule has 1 aliphatic heterocycles. The number of carbonyl (C=O) groups excluding carboxylic acids is 1. The van der Waals surface area contributed by atoms with Crippen molar-refractivity contribution in [2.75, 3.05) is 0 Å². The Kier molecular flexibility index (Phi) is 6.09. The van der Waals surface area contributed by atoms with Crippen molar-refractivity contribution in [1.29, 1.82) is 0 Å². The summed E-state index contributed by atoms with van der Waals surface area (Å²) in [7, 11) is 0. The van der Waals surface area contributed by atoms with Crippen LogP contribution in [0.4, 0.5) is 0 Å². The van der Waals surface area contributed by atoms with Crippen molar-refractivity contribution in [1.82, 2.24) is 0 Å². The molecule has 4 rings (SSSR count). The van der Waals surface area contributed by atoms with Gasteiger partial charge >= 0.3 is 5.97 Å². The molecule has 0 aromatic heterocycles. The molecule has 0 saturated heterocycles. The molecule has 0 atom stereocenters. The summed E-state index contributed by atoms with van der Waals surface area (Å²) in [6.07, 6.45) is 1.64. The van der Waals surface area contributed by atoms with Crippen molar-refractivity contribution in [2.45, 2.75) is 6.61 Å². The van der Waals surface area contributed by atoms with E-state index in [1.807, 2.05) is 12.1 Å². The van der Waals surface area contributed by atoms with Crippen LogP contribution in [0.3, 0.4) is 0 Å². The van der Waals surface area contributed by atoms with Crippen LogP contribution >= 0.6 is 34.8 Å². The molecular weight excluding hydrogens is 445 g/mol. The number of cyclic esters (lactones) is 1. The molecule has 7 heteroatoms. The molecule has 0 fully saturated rings. The Labute approximate surface area is 188 Å². The van der Waals surface area contributed by atoms with Gasteiger partial charge in [0.2, 0.25) is 5.90 Å². The van der Waals surface area contributed by atoms with Crippen LogP contribution in [-0.4, -0.2) is 11.9 Å². The first kappa shape index (κ1) is 20.5. The van der Waals surface area contributed by atoms with E-state index in [9.17, 15) is 4.79 Å². The third-order valence-electron chi connectivity index (χ3n) is 4.35. The van der Waals surface area contributed by atoms with Gasteiger partial charge in [-0.25, -0.2) is 9.79 Å². The van der Waals surface area contributed by atoms with Gasteiger partial charge in [0.1, 0.15) is 12.4 Å². The average molecular weight is 459 g/mol. The van der Waals surface area contributed by atoms with E-state index in [-0.39, 0.29) is 18.2 Å². The summed E-state index contributed by atoms with van der Waals surface area (Å²) in [5, 5.41) is 1.57. The zero-order valence-electron chi connectivity index (χ0n) is 15.4.